The molecule has 6 heteroatoms. The molecule has 0 fully saturated rings. The highest BCUT2D eigenvalue weighted by molar-refractivity contribution is 6.31. The molecule has 5 nitrogen and oxygen atoms in total. The number of hydrogen-bond acceptors (Lipinski definition) is 4. The van der Waals surface area contributed by atoms with E-state index in [1.807, 2.05) is 18.7 Å². The normalized spacial score (nSPS) is 12.8. The van der Waals surface area contributed by atoms with Gasteiger partial charge < -0.3 is 14.8 Å². The minimum Gasteiger partial charge on any atom is -0.383 e. The van der Waals surface area contributed by atoms with Gasteiger partial charge in [-0.05, 0) is 26.8 Å². The van der Waals surface area contributed by atoms with Crippen LogP contribution in [0.2, 0.25) is 5.02 Å². The third kappa shape index (κ3) is 5.10. The Labute approximate surface area is 120 Å². The average Bonchev–Trinajstić information content (AvgIpc) is 2.78. The van der Waals surface area contributed by atoms with Crippen molar-refractivity contribution in [3.05, 3.63) is 16.9 Å². The summed E-state index contributed by atoms with van der Waals surface area (Å²) in [6.45, 7) is 4.88. The minimum atomic E-state index is 0.187. The van der Waals surface area contributed by atoms with Gasteiger partial charge in [0, 0.05) is 20.3 Å². The fourth-order valence-electron chi connectivity index (χ4n) is 2.03. The highest BCUT2D eigenvalue weighted by Gasteiger charge is 2.18. The number of hydrogen-bond donors (Lipinski definition) is 1. The third-order valence-corrected chi connectivity index (χ3v) is 3.30. The monoisotopic (exact) mass is 289 g/mol. The van der Waals surface area contributed by atoms with Gasteiger partial charge in [0.2, 0.25) is 0 Å². The Morgan fingerprint density at radius 1 is 1.47 bits per heavy atom. The van der Waals surface area contributed by atoms with Crippen LogP contribution in [0.3, 0.4) is 0 Å². The first-order valence-electron chi connectivity index (χ1n) is 6.69. The van der Waals surface area contributed by atoms with E-state index in [9.17, 15) is 0 Å². The Morgan fingerprint density at radius 3 is 2.89 bits per heavy atom. The summed E-state index contributed by atoms with van der Waals surface area (Å²) in [6.07, 6.45) is 3.65. The fourth-order valence-corrected chi connectivity index (χ4v) is 2.30. The van der Waals surface area contributed by atoms with E-state index in [2.05, 4.69) is 10.4 Å². The first-order valence-corrected chi connectivity index (χ1v) is 7.07. The molecule has 110 valence electrons. The lowest BCUT2D eigenvalue weighted by atomic mass is 10.1. The van der Waals surface area contributed by atoms with Crippen molar-refractivity contribution in [2.45, 2.75) is 32.4 Å². The summed E-state index contributed by atoms with van der Waals surface area (Å²) < 4.78 is 12.4. The average molecular weight is 290 g/mol. The molecule has 0 radical (unpaired) electrons. The molecule has 0 spiro atoms. The lowest BCUT2D eigenvalue weighted by Gasteiger charge is -2.18. The number of rotatable bonds is 10. The van der Waals surface area contributed by atoms with E-state index in [1.165, 1.54) is 0 Å². The zero-order chi connectivity index (χ0) is 14.1. The van der Waals surface area contributed by atoms with Crippen LogP contribution in [0, 0.1) is 0 Å². The maximum absolute atomic E-state index is 6.24. The summed E-state index contributed by atoms with van der Waals surface area (Å²) in [4.78, 5) is 0. The largest absolute Gasteiger partial charge is 0.383 e. The van der Waals surface area contributed by atoms with Gasteiger partial charge in [0.1, 0.15) is 0 Å². The summed E-state index contributed by atoms with van der Waals surface area (Å²) in [7, 11) is 3.62. The second-order valence-electron chi connectivity index (χ2n) is 4.27. The predicted octanol–water partition coefficient (Wildman–Crippen LogP) is 2.26. The van der Waals surface area contributed by atoms with E-state index in [0.717, 1.165) is 31.7 Å². The van der Waals surface area contributed by atoms with Crippen molar-refractivity contribution in [3.63, 3.8) is 0 Å². The minimum absolute atomic E-state index is 0.187. The van der Waals surface area contributed by atoms with E-state index in [4.69, 9.17) is 21.1 Å². The Morgan fingerprint density at radius 2 is 2.26 bits per heavy atom. The molecule has 19 heavy (non-hydrogen) atoms. The second-order valence-corrected chi connectivity index (χ2v) is 4.68. The van der Waals surface area contributed by atoms with Gasteiger partial charge in [0.05, 0.1) is 36.1 Å². The zero-order valence-corrected chi connectivity index (χ0v) is 12.7. The van der Waals surface area contributed by atoms with Gasteiger partial charge in [0.25, 0.3) is 0 Å². The Kier molecular flexibility index (Phi) is 8.05. The molecule has 0 aliphatic rings. The first kappa shape index (κ1) is 16.4. The van der Waals surface area contributed by atoms with Crippen LogP contribution in [-0.4, -0.2) is 43.8 Å². The van der Waals surface area contributed by atoms with Gasteiger partial charge in [-0.25, -0.2) is 0 Å². The van der Waals surface area contributed by atoms with Gasteiger partial charge in [-0.1, -0.05) is 11.6 Å². The van der Waals surface area contributed by atoms with E-state index < -0.39 is 0 Å². The Bertz CT molecular complexity index is 358. The second kappa shape index (κ2) is 9.31. The Hall–Kier alpha value is -0.620. The summed E-state index contributed by atoms with van der Waals surface area (Å²) in [6, 6.07) is 0.187. The fraction of sp³-hybridized carbons (Fsp3) is 0.769. The summed E-state index contributed by atoms with van der Waals surface area (Å²) in [5.41, 5.74) is 1.03. The third-order valence-electron chi connectivity index (χ3n) is 3.00. The molecule has 0 aliphatic carbocycles. The van der Waals surface area contributed by atoms with Crippen molar-refractivity contribution in [2.75, 3.05) is 34.0 Å². The van der Waals surface area contributed by atoms with Crippen LogP contribution in [0.5, 0.6) is 0 Å². The van der Waals surface area contributed by atoms with E-state index >= 15 is 0 Å². The summed E-state index contributed by atoms with van der Waals surface area (Å²) in [5, 5.41) is 8.30. The lowest BCUT2D eigenvalue weighted by Crippen LogP contribution is -2.22. The predicted molar refractivity (Wildman–Crippen MR) is 76.6 cm³/mol. The molecule has 1 N–H and O–H groups in total. The van der Waals surface area contributed by atoms with Crippen LogP contribution in [0.25, 0.3) is 0 Å². The SMILES string of the molecule is CCOCCCC(NC)c1c(Cl)cnn1CCOC. The van der Waals surface area contributed by atoms with Crippen molar-refractivity contribution in [1.82, 2.24) is 15.1 Å². The molecule has 1 aromatic rings. The molecular formula is C13H24ClN3O2. The quantitative estimate of drug-likeness (QED) is 0.671. The Balaban J connectivity index is 2.65. The topological polar surface area (TPSA) is 48.3 Å². The van der Waals surface area contributed by atoms with Crippen LogP contribution >= 0.6 is 11.6 Å². The summed E-state index contributed by atoms with van der Waals surface area (Å²) >= 11 is 6.24. The molecule has 1 aromatic heterocycles. The van der Waals surface area contributed by atoms with E-state index in [-0.39, 0.29) is 6.04 Å². The highest BCUT2D eigenvalue weighted by Crippen LogP contribution is 2.25. The molecule has 0 amide bonds. The summed E-state index contributed by atoms with van der Waals surface area (Å²) in [5.74, 6) is 0. The maximum Gasteiger partial charge on any atom is 0.0834 e. The maximum atomic E-state index is 6.24. The van der Waals surface area contributed by atoms with Crippen LogP contribution in [0.4, 0.5) is 0 Å². The molecule has 1 heterocycles. The van der Waals surface area contributed by atoms with Gasteiger partial charge in [-0.3, -0.25) is 4.68 Å². The van der Waals surface area contributed by atoms with Crippen molar-refractivity contribution in [1.29, 1.82) is 0 Å². The van der Waals surface area contributed by atoms with Crippen LogP contribution < -0.4 is 5.32 Å². The first-order chi connectivity index (χ1) is 9.24. The number of nitrogens with zero attached hydrogens (tertiary/aromatic N) is 2. The molecular weight excluding hydrogens is 266 g/mol. The van der Waals surface area contributed by atoms with Gasteiger partial charge in [-0.2, -0.15) is 5.10 Å². The number of halogens is 1. The number of aromatic nitrogens is 2. The standard InChI is InChI=1S/C13H24ClN3O2/c1-4-19-8-5-6-12(15-2)13-11(14)10-16-17(13)7-9-18-3/h10,12,15H,4-9H2,1-3H3. The highest BCUT2D eigenvalue weighted by atomic mass is 35.5. The number of ether oxygens (including phenoxy) is 2. The van der Waals surface area contributed by atoms with Gasteiger partial charge >= 0.3 is 0 Å². The zero-order valence-electron chi connectivity index (χ0n) is 12.0. The van der Waals surface area contributed by atoms with Gasteiger partial charge in [-0.15, -0.1) is 0 Å². The molecule has 1 unspecified atom stereocenters. The van der Waals surface area contributed by atoms with Crippen molar-refractivity contribution in [3.8, 4) is 0 Å². The van der Waals surface area contributed by atoms with E-state index in [1.54, 1.807) is 13.3 Å². The number of methoxy groups -OCH3 is 1. The van der Waals surface area contributed by atoms with E-state index in [0.29, 0.717) is 18.2 Å². The molecule has 0 aliphatic heterocycles. The van der Waals surface area contributed by atoms with Crippen molar-refractivity contribution >= 4 is 11.6 Å². The molecule has 1 rings (SSSR count). The van der Waals surface area contributed by atoms with Crippen molar-refractivity contribution < 1.29 is 9.47 Å². The van der Waals surface area contributed by atoms with Crippen molar-refractivity contribution in [2.24, 2.45) is 0 Å². The lowest BCUT2D eigenvalue weighted by molar-refractivity contribution is 0.140. The molecule has 0 bridgehead atoms. The molecule has 0 saturated heterocycles. The number of nitrogens with one attached hydrogen (secondary N) is 1. The smallest absolute Gasteiger partial charge is 0.0834 e. The molecule has 0 saturated carbocycles. The van der Waals surface area contributed by atoms with Crippen LogP contribution in [-0.2, 0) is 16.0 Å². The van der Waals surface area contributed by atoms with Crippen LogP contribution in [0.15, 0.2) is 6.20 Å². The van der Waals surface area contributed by atoms with Gasteiger partial charge in [0.15, 0.2) is 0 Å². The molecule has 0 aromatic carbocycles. The van der Waals surface area contributed by atoms with Crippen LogP contribution in [0.1, 0.15) is 31.5 Å². The molecule has 1 atom stereocenters.